The smallest absolute Gasteiger partial charge is 0.252 e. The predicted octanol–water partition coefficient (Wildman–Crippen LogP) is 1.79. The highest BCUT2D eigenvalue weighted by Gasteiger charge is 2.25. The number of rotatable bonds is 6. The summed E-state index contributed by atoms with van der Waals surface area (Å²) in [5.41, 5.74) is 0.0990. The lowest BCUT2D eigenvalue weighted by molar-refractivity contribution is 0.213. The molecule has 18 heavy (non-hydrogen) atoms. The van der Waals surface area contributed by atoms with Crippen LogP contribution in [0.5, 0.6) is 0 Å². The van der Waals surface area contributed by atoms with Crippen LogP contribution in [0.2, 0.25) is 4.47 Å². The molecular weight excluding hydrogens is 296 g/mol. The van der Waals surface area contributed by atoms with E-state index in [2.05, 4.69) is 9.71 Å². The molecule has 1 aromatic heterocycles. The third-order valence-corrected chi connectivity index (χ3v) is 5.77. The van der Waals surface area contributed by atoms with E-state index in [4.69, 9.17) is 16.7 Å². The summed E-state index contributed by atoms with van der Waals surface area (Å²) >= 11 is 6.63. The Balaban J connectivity index is 2.81. The zero-order valence-electron chi connectivity index (χ0n) is 10.5. The summed E-state index contributed by atoms with van der Waals surface area (Å²) in [6, 6.07) is 0. The lowest BCUT2D eigenvalue weighted by Gasteiger charge is -2.23. The van der Waals surface area contributed by atoms with Crippen LogP contribution >= 0.6 is 22.9 Å². The van der Waals surface area contributed by atoms with E-state index in [1.807, 2.05) is 13.8 Å². The van der Waals surface area contributed by atoms with E-state index in [9.17, 15) is 8.42 Å². The summed E-state index contributed by atoms with van der Waals surface area (Å²) in [4.78, 5) is 3.88. The molecule has 0 unspecified atom stereocenters. The van der Waals surface area contributed by atoms with Crippen molar-refractivity contribution in [1.82, 2.24) is 9.71 Å². The van der Waals surface area contributed by atoms with Crippen LogP contribution in [0, 0.1) is 12.3 Å². The Morgan fingerprint density at radius 1 is 1.50 bits per heavy atom. The van der Waals surface area contributed by atoms with Crippen molar-refractivity contribution >= 4 is 33.0 Å². The Morgan fingerprint density at radius 2 is 2.11 bits per heavy atom. The normalized spacial score (nSPS) is 12.9. The Labute approximate surface area is 116 Å². The topological polar surface area (TPSA) is 79.3 Å². The van der Waals surface area contributed by atoms with Gasteiger partial charge in [0.1, 0.15) is 0 Å². The number of aromatic nitrogens is 1. The highest BCUT2D eigenvalue weighted by Crippen LogP contribution is 2.27. The molecule has 1 heterocycles. The van der Waals surface area contributed by atoms with Crippen molar-refractivity contribution in [3.8, 4) is 0 Å². The molecule has 8 heteroatoms. The van der Waals surface area contributed by atoms with Gasteiger partial charge in [0.2, 0.25) is 0 Å². The maximum Gasteiger partial charge on any atom is 0.252 e. The molecule has 0 radical (unpaired) electrons. The van der Waals surface area contributed by atoms with Gasteiger partial charge < -0.3 is 5.11 Å². The van der Waals surface area contributed by atoms with E-state index in [1.165, 1.54) is 0 Å². The average molecular weight is 313 g/mol. The van der Waals surface area contributed by atoms with Crippen LogP contribution in [0.4, 0.5) is 0 Å². The molecule has 0 aliphatic carbocycles. The Kier molecular flexibility index (Phi) is 5.13. The molecule has 2 N–H and O–H groups in total. The van der Waals surface area contributed by atoms with Gasteiger partial charge in [-0.3, -0.25) is 0 Å². The number of nitrogens with one attached hydrogen (secondary N) is 1. The van der Waals surface area contributed by atoms with E-state index in [0.717, 1.165) is 11.3 Å². The van der Waals surface area contributed by atoms with Crippen LogP contribution in [-0.2, 0) is 10.0 Å². The predicted molar refractivity (Wildman–Crippen MR) is 72.5 cm³/mol. The first kappa shape index (κ1) is 15.8. The number of nitrogens with zero attached hydrogens (tertiary/aromatic N) is 1. The molecule has 0 fully saturated rings. The first-order valence-electron chi connectivity index (χ1n) is 5.41. The van der Waals surface area contributed by atoms with Crippen LogP contribution in [0.1, 0.15) is 26.0 Å². The third kappa shape index (κ3) is 4.17. The summed E-state index contributed by atoms with van der Waals surface area (Å²) in [6.07, 6.45) is 0.526. The SMILES string of the molecule is Cc1nc(Cl)sc1S(=O)(=O)NCC(C)(C)CCO. The summed E-state index contributed by atoms with van der Waals surface area (Å²) < 4.78 is 27.0. The van der Waals surface area contributed by atoms with Gasteiger partial charge in [-0.1, -0.05) is 36.8 Å². The molecule has 104 valence electrons. The second-order valence-corrected chi connectivity index (χ2v) is 8.35. The molecule has 0 atom stereocenters. The number of aliphatic hydroxyl groups excluding tert-OH is 1. The zero-order valence-corrected chi connectivity index (χ0v) is 12.9. The number of hydrogen-bond acceptors (Lipinski definition) is 5. The van der Waals surface area contributed by atoms with Crippen molar-refractivity contribution in [2.24, 2.45) is 5.41 Å². The molecule has 0 aliphatic rings. The summed E-state index contributed by atoms with van der Waals surface area (Å²) in [5, 5.41) is 8.89. The van der Waals surface area contributed by atoms with Crippen molar-refractivity contribution in [2.75, 3.05) is 13.2 Å². The van der Waals surface area contributed by atoms with E-state index in [1.54, 1.807) is 6.92 Å². The van der Waals surface area contributed by atoms with Crippen molar-refractivity contribution < 1.29 is 13.5 Å². The van der Waals surface area contributed by atoms with E-state index in [-0.39, 0.29) is 27.2 Å². The fraction of sp³-hybridized carbons (Fsp3) is 0.700. The van der Waals surface area contributed by atoms with Crippen LogP contribution in [-0.4, -0.2) is 31.7 Å². The van der Waals surface area contributed by atoms with Crippen LogP contribution in [0.3, 0.4) is 0 Å². The fourth-order valence-electron chi connectivity index (χ4n) is 1.35. The van der Waals surface area contributed by atoms with Gasteiger partial charge in [0.25, 0.3) is 10.0 Å². The minimum atomic E-state index is -3.58. The van der Waals surface area contributed by atoms with Crippen molar-refractivity contribution in [2.45, 2.75) is 31.4 Å². The molecule has 5 nitrogen and oxygen atoms in total. The molecule has 0 aliphatic heterocycles. The number of hydrogen-bond donors (Lipinski definition) is 2. The maximum atomic E-state index is 12.1. The zero-order chi connectivity index (χ0) is 14.0. The van der Waals surface area contributed by atoms with Gasteiger partial charge in [0.15, 0.2) is 8.68 Å². The first-order chi connectivity index (χ1) is 8.18. The van der Waals surface area contributed by atoms with Gasteiger partial charge in [-0.25, -0.2) is 18.1 Å². The Hall–Kier alpha value is -0.210. The number of aliphatic hydroxyl groups is 1. The van der Waals surface area contributed by atoms with Gasteiger partial charge in [-0.05, 0) is 18.8 Å². The minimum Gasteiger partial charge on any atom is -0.396 e. The fourth-order valence-corrected chi connectivity index (χ4v) is 4.37. The van der Waals surface area contributed by atoms with Gasteiger partial charge in [0.05, 0.1) is 5.69 Å². The van der Waals surface area contributed by atoms with Crippen LogP contribution < -0.4 is 4.72 Å². The van der Waals surface area contributed by atoms with E-state index < -0.39 is 10.0 Å². The van der Waals surface area contributed by atoms with Gasteiger partial charge in [-0.2, -0.15) is 0 Å². The molecule has 1 aromatic rings. The Morgan fingerprint density at radius 3 is 2.56 bits per heavy atom. The van der Waals surface area contributed by atoms with Gasteiger partial charge >= 0.3 is 0 Å². The number of halogens is 1. The quantitative estimate of drug-likeness (QED) is 0.839. The first-order valence-corrected chi connectivity index (χ1v) is 8.09. The summed E-state index contributed by atoms with van der Waals surface area (Å²) in [7, 11) is -3.58. The van der Waals surface area contributed by atoms with Gasteiger partial charge in [-0.15, -0.1) is 0 Å². The number of sulfonamides is 1. The summed E-state index contributed by atoms with van der Waals surface area (Å²) in [6.45, 7) is 5.66. The number of thiazole rings is 1. The van der Waals surface area contributed by atoms with Crippen LogP contribution in [0.25, 0.3) is 0 Å². The molecule has 1 rings (SSSR count). The van der Waals surface area contributed by atoms with E-state index >= 15 is 0 Å². The molecule has 0 saturated carbocycles. The molecule has 0 aromatic carbocycles. The van der Waals surface area contributed by atoms with Crippen molar-refractivity contribution in [1.29, 1.82) is 0 Å². The van der Waals surface area contributed by atoms with E-state index in [0.29, 0.717) is 12.1 Å². The molecule has 0 bridgehead atoms. The molecule has 0 amide bonds. The second kappa shape index (κ2) is 5.83. The largest absolute Gasteiger partial charge is 0.396 e. The third-order valence-electron chi connectivity index (χ3n) is 2.50. The van der Waals surface area contributed by atoms with Crippen molar-refractivity contribution in [3.05, 3.63) is 10.2 Å². The standard InChI is InChI=1S/C10H17ClN2O3S2/c1-7-8(17-9(11)13-7)18(15,16)12-6-10(2,3)4-5-14/h12,14H,4-6H2,1-3H3. The highest BCUT2D eigenvalue weighted by atomic mass is 35.5. The van der Waals surface area contributed by atoms with Gasteiger partial charge in [0, 0.05) is 13.2 Å². The Bertz CT molecular complexity index is 511. The molecule has 0 spiro atoms. The maximum absolute atomic E-state index is 12.1. The molecule has 0 saturated heterocycles. The minimum absolute atomic E-state index is 0.0279. The van der Waals surface area contributed by atoms with Crippen LogP contribution in [0.15, 0.2) is 4.21 Å². The van der Waals surface area contributed by atoms with Crippen molar-refractivity contribution in [3.63, 3.8) is 0 Å². The lowest BCUT2D eigenvalue weighted by atomic mass is 9.90. The second-order valence-electron chi connectivity index (χ2n) is 4.80. The monoisotopic (exact) mass is 312 g/mol. The average Bonchev–Trinajstić information content (AvgIpc) is 2.56. The number of aryl methyl sites for hydroxylation is 1. The summed E-state index contributed by atoms with van der Waals surface area (Å²) in [5.74, 6) is 0. The lowest BCUT2D eigenvalue weighted by Crippen LogP contribution is -2.34. The highest BCUT2D eigenvalue weighted by molar-refractivity contribution is 7.91. The molecular formula is C10H17ClN2O3S2.